The van der Waals surface area contributed by atoms with Gasteiger partial charge in [0, 0.05) is 6.54 Å². The molecule has 0 saturated carbocycles. The van der Waals surface area contributed by atoms with E-state index in [-0.39, 0.29) is 17.3 Å². The maximum atomic E-state index is 12.7. The highest BCUT2D eigenvalue weighted by Crippen LogP contribution is 2.23. The molecule has 4 N–H and O–H groups in total. The third-order valence-corrected chi connectivity index (χ3v) is 7.38. The number of hydrogen-bond donors (Lipinski definition) is 4. The van der Waals surface area contributed by atoms with E-state index in [4.69, 9.17) is 0 Å². The van der Waals surface area contributed by atoms with Crippen LogP contribution < -0.4 is 15.6 Å². The Labute approximate surface area is 218 Å². The number of carbonyl (C=O) groups excluding carboxylic acids is 1. The number of sulfonamides is 1. The van der Waals surface area contributed by atoms with Crippen LogP contribution in [0.5, 0.6) is 0 Å². The lowest BCUT2D eigenvalue weighted by molar-refractivity contribution is -0.140. The molecule has 11 heteroatoms. The smallest absolute Gasteiger partial charge is 0.322 e. The highest BCUT2D eigenvalue weighted by atomic mass is 32.2. The van der Waals surface area contributed by atoms with E-state index in [1.54, 1.807) is 56.3 Å². The molecular weight excluding hydrogens is 508 g/mol. The monoisotopic (exact) mass is 534 g/mol. The number of nitrogens with one attached hydrogen (secondary N) is 3. The zero-order valence-electron chi connectivity index (χ0n) is 20.6. The minimum atomic E-state index is -4.03. The molecule has 0 radical (unpaired) electrons. The lowest BCUT2D eigenvalue weighted by Crippen LogP contribution is -2.44. The van der Waals surface area contributed by atoms with Gasteiger partial charge in [-0.05, 0) is 52.9 Å². The van der Waals surface area contributed by atoms with Crippen molar-refractivity contribution in [2.24, 2.45) is 5.92 Å². The van der Waals surface area contributed by atoms with Crippen LogP contribution in [0.2, 0.25) is 0 Å². The average Bonchev–Trinajstić information content (AvgIpc) is 2.90. The Morgan fingerprint density at radius 1 is 0.974 bits per heavy atom. The standard InChI is InChI=1S/C27H26N4O6S/c1-16(2)23(27(34)35)31-38(36,37)20-12-10-18(11-13-20)19-7-5-6-17(14-19)15-28-26(33)24-29-22-9-4-3-8-21(22)25(32)30-24/h3-14,16,23,31H,15H2,1-2H3,(H,28,33)(H,34,35)(H,29,30,32). The number of para-hydroxylation sites is 1. The van der Waals surface area contributed by atoms with Gasteiger partial charge in [0.1, 0.15) is 6.04 Å². The third kappa shape index (κ3) is 5.96. The van der Waals surface area contributed by atoms with Gasteiger partial charge in [-0.3, -0.25) is 14.4 Å². The summed E-state index contributed by atoms with van der Waals surface area (Å²) in [7, 11) is -4.03. The SMILES string of the molecule is CC(C)C(NS(=O)(=O)c1ccc(-c2cccc(CNC(=O)c3nc4ccccc4c(=O)[nH]3)c2)cc1)C(=O)O. The van der Waals surface area contributed by atoms with Crippen LogP contribution in [-0.2, 0) is 21.4 Å². The Hall–Kier alpha value is -4.35. The van der Waals surface area contributed by atoms with Gasteiger partial charge < -0.3 is 15.4 Å². The first-order chi connectivity index (χ1) is 18.0. The number of hydrogen-bond acceptors (Lipinski definition) is 6. The Kier molecular flexibility index (Phi) is 7.70. The maximum absolute atomic E-state index is 12.7. The van der Waals surface area contributed by atoms with E-state index < -0.39 is 39.4 Å². The number of amides is 1. The normalized spacial score (nSPS) is 12.4. The van der Waals surface area contributed by atoms with Crippen molar-refractivity contribution >= 4 is 32.8 Å². The predicted molar refractivity (Wildman–Crippen MR) is 142 cm³/mol. The molecule has 196 valence electrons. The summed E-state index contributed by atoms with van der Waals surface area (Å²) >= 11 is 0. The number of nitrogens with zero attached hydrogens (tertiary/aromatic N) is 1. The minimum absolute atomic E-state index is 0.0477. The lowest BCUT2D eigenvalue weighted by atomic mass is 10.0. The fourth-order valence-corrected chi connectivity index (χ4v) is 5.19. The number of aromatic nitrogens is 2. The molecule has 4 rings (SSSR count). The molecule has 3 aromatic carbocycles. The zero-order chi connectivity index (χ0) is 27.4. The van der Waals surface area contributed by atoms with Crippen molar-refractivity contribution in [1.29, 1.82) is 0 Å². The molecule has 0 spiro atoms. The fraction of sp³-hybridized carbons (Fsp3) is 0.185. The van der Waals surface area contributed by atoms with Gasteiger partial charge in [0.05, 0.1) is 15.8 Å². The van der Waals surface area contributed by atoms with Crippen LogP contribution in [0, 0.1) is 5.92 Å². The number of rotatable bonds is 9. The zero-order valence-corrected chi connectivity index (χ0v) is 21.5. The number of aliphatic carboxylic acids is 1. The molecule has 0 bridgehead atoms. The largest absolute Gasteiger partial charge is 0.480 e. The molecule has 0 saturated heterocycles. The van der Waals surface area contributed by atoms with E-state index in [9.17, 15) is 27.9 Å². The second-order valence-corrected chi connectivity index (χ2v) is 10.7. The summed E-state index contributed by atoms with van der Waals surface area (Å²) in [4.78, 5) is 42.9. The molecule has 1 aromatic heterocycles. The number of carboxylic acid groups (broad SMARTS) is 1. The Balaban J connectivity index is 1.47. The number of H-pyrrole nitrogens is 1. The first-order valence-electron chi connectivity index (χ1n) is 11.8. The molecule has 0 aliphatic carbocycles. The summed E-state index contributed by atoms with van der Waals surface area (Å²) in [5, 5.41) is 12.4. The maximum Gasteiger partial charge on any atom is 0.322 e. The van der Waals surface area contributed by atoms with Crippen molar-refractivity contribution < 1.29 is 23.1 Å². The molecule has 0 fully saturated rings. The van der Waals surface area contributed by atoms with Crippen LogP contribution in [0.15, 0.2) is 82.5 Å². The van der Waals surface area contributed by atoms with Gasteiger partial charge in [0.25, 0.3) is 11.5 Å². The van der Waals surface area contributed by atoms with Gasteiger partial charge >= 0.3 is 5.97 Å². The van der Waals surface area contributed by atoms with Crippen LogP contribution in [0.4, 0.5) is 0 Å². The third-order valence-electron chi connectivity index (χ3n) is 5.92. The predicted octanol–water partition coefficient (Wildman–Crippen LogP) is 2.91. The quantitative estimate of drug-likeness (QED) is 0.257. The molecule has 4 aromatic rings. The summed E-state index contributed by atoms with van der Waals surface area (Å²) in [5.74, 6) is -2.28. The van der Waals surface area contributed by atoms with Crippen LogP contribution in [0.1, 0.15) is 30.0 Å². The second kappa shape index (κ2) is 11.0. The number of benzene rings is 3. The van der Waals surface area contributed by atoms with Crippen molar-refractivity contribution in [3.63, 3.8) is 0 Å². The highest BCUT2D eigenvalue weighted by Gasteiger charge is 2.28. The molecule has 10 nitrogen and oxygen atoms in total. The molecular formula is C27H26N4O6S. The van der Waals surface area contributed by atoms with Gasteiger partial charge in [0.2, 0.25) is 10.0 Å². The Bertz CT molecular complexity index is 1660. The summed E-state index contributed by atoms with van der Waals surface area (Å²) in [6.07, 6.45) is 0. The minimum Gasteiger partial charge on any atom is -0.480 e. The molecule has 1 heterocycles. The van der Waals surface area contributed by atoms with Gasteiger partial charge in [-0.1, -0.05) is 56.3 Å². The van der Waals surface area contributed by atoms with Crippen LogP contribution in [0.25, 0.3) is 22.0 Å². The first-order valence-corrected chi connectivity index (χ1v) is 13.3. The van der Waals surface area contributed by atoms with Crippen molar-refractivity contribution in [3.8, 4) is 11.1 Å². The van der Waals surface area contributed by atoms with E-state index in [1.165, 1.54) is 12.1 Å². The molecule has 0 aliphatic rings. The van der Waals surface area contributed by atoms with Crippen LogP contribution in [-0.4, -0.2) is 41.4 Å². The van der Waals surface area contributed by atoms with Gasteiger partial charge in [-0.15, -0.1) is 0 Å². The van der Waals surface area contributed by atoms with Crippen LogP contribution in [0.3, 0.4) is 0 Å². The van der Waals surface area contributed by atoms with Gasteiger partial charge in [-0.2, -0.15) is 4.72 Å². The van der Waals surface area contributed by atoms with E-state index in [2.05, 4.69) is 20.0 Å². The van der Waals surface area contributed by atoms with E-state index >= 15 is 0 Å². The van der Waals surface area contributed by atoms with E-state index in [1.807, 2.05) is 18.2 Å². The van der Waals surface area contributed by atoms with Crippen LogP contribution >= 0.6 is 0 Å². The molecule has 38 heavy (non-hydrogen) atoms. The topological polar surface area (TPSA) is 158 Å². The van der Waals surface area contributed by atoms with Crippen molar-refractivity contribution in [3.05, 3.63) is 94.5 Å². The molecule has 1 atom stereocenters. The van der Waals surface area contributed by atoms with E-state index in [0.29, 0.717) is 10.9 Å². The number of carbonyl (C=O) groups is 2. The molecule has 1 unspecified atom stereocenters. The Morgan fingerprint density at radius 3 is 2.37 bits per heavy atom. The Morgan fingerprint density at radius 2 is 1.68 bits per heavy atom. The van der Waals surface area contributed by atoms with Gasteiger partial charge in [-0.25, -0.2) is 13.4 Å². The first kappa shape index (κ1) is 26.7. The average molecular weight is 535 g/mol. The summed E-state index contributed by atoms with van der Waals surface area (Å²) in [6.45, 7) is 3.42. The summed E-state index contributed by atoms with van der Waals surface area (Å²) < 4.78 is 27.6. The summed E-state index contributed by atoms with van der Waals surface area (Å²) in [6, 6.07) is 18.9. The fourth-order valence-electron chi connectivity index (χ4n) is 3.85. The molecule has 0 aliphatic heterocycles. The molecule has 1 amide bonds. The second-order valence-electron chi connectivity index (χ2n) is 9.02. The highest BCUT2D eigenvalue weighted by molar-refractivity contribution is 7.89. The van der Waals surface area contributed by atoms with Crippen molar-refractivity contribution in [2.75, 3.05) is 0 Å². The number of aromatic amines is 1. The van der Waals surface area contributed by atoms with Gasteiger partial charge in [0.15, 0.2) is 5.82 Å². The number of fused-ring (bicyclic) bond motifs is 1. The lowest BCUT2D eigenvalue weighted by Gasteiger charge is -2.18. The number of carboxylic acids is 1. The van der Waals surface area contributed by atoms with Crippen molar-refractivity contribution in [1.82, 2.24) is 20.0 Å². The van der Waals surface area contributed by atoms with Crippen molar-refractivity contribution in [2.45, 2.75) is 31.3 Å². The summed E-state index contributed by atoms with van der Waals surface area (Å²) in [5.41, 5.74) is 2.32. The van der Waals surface area contributed by atoms with E-state index in [0.717, 1.165) is 16.7 Å².